The number of nitrogens with zero attached hydrogens (tertiary/aromatic N) is 1. The molecule has 3 nitrogen and oxygen atoms in total. The van der Waals surface area contributed by atoms with Gasteiger partial charge < -0.3 is 5.11 Å². The topological polar surface area (TPSA) is 40.5 Å². The Bertz CT molecular complexity index is 421. The van der Waals surface area contributed by atoms with Gasteiger partial charge in [0.05, 0.1) is 4.34 Å². The highest BCUT2D eigenvalue weighted by atomic mass is 35.5. The molecule has 0 radical (unpaired) electrons. The summed E-state index contributed by atoms with van der Waals surface area (Å²) < 4.78 is 0.816. The van der Waals surface area contributed by atoms with E-state index in [4.69, 9.17) is 16.7 Å². The Morgan fingerprint density at radius 2 is 2.44 bits per heavy atom. The van der Waals surface area contributed by atoms with Gasteiger partial charge in [0.1, 0.15) is 0 Å². The molecule has 2 heterocycles. The van der Waals surface area contributed by atoms with Crippen molar-refractivity contribution < 1.29 is 9.90 Å². The maximum atomic E-state index is 10.8. The predicted molar refractivity (Wildman–Crippen MR) is 74.3 cm³/mol. The molecule has 1 aliphatic rings. The van der Waals surface area contributed by atoms with Crippen molar-refractivity contribution in [2.24, 2.45) is 5.92 Å². The highest BCUT2D eigenvalue weighted by molar-refractivity contribution is 7.16. The molecule has 1 fully saturated rings. The Labute approximate surface area is 116 Å². The summed E-state index contributed by atoms with van der Waals surface area (Å²) in [7, 11) is 0. The van der Waals surface area contributed by atoms with Crippen LogP contribution in [0, 0.1) is 5.92 Å². The summed E-state index contributed by atoms with van der Waals surface area (Å²) in [6.45, 7) is 4.10. The zero-order valence-corrected chi connectivity index (χ0v) is 12.0. The fourth-order valence-corrected chi connectivity index (χ4v) is 3.74. The molecule has 2 atom stereocenters. The van der Waals surface area contributed by atoms with Crippen LogP contribution in [0.3, 0.4) is 0 Å². The minimum atomic E-state index is -0.686. The van der Waals surface area contributed by atoms with Gasteiger partial charge in [-0.15, -0.1) is 11.3 Å². The van der Waals surface area contributed by atoms with Crippen LogP contribution >= 0.6 is 22.9 Å². The zero-order chi connectivity index (χ0) is 13.1. The van der Waals surface area contributed by atoms with Gasteiger partial charge in [-0.1, -0.05) is 11.6 Å². The first kappa shape index (κ1) is 13.8. The standard InChI is InChI=1S/C13H18ClNO2S/c1-9(11-4-5-12(14)18-11)15-6-2-3-10(8-15)7-13(16)17/h4-5,9-10H,2-3,6-8H2,1H3,(H,16,17). The van der Waals surface area contributed by atoms with Crippen LogP contribution in [-0.2, 0) is 4.79 Å². The molecule has 1 saturated heterocycles. The van der Waals surface area contributed by atoms with Crippen LogP contribution in [0.2, 0.25) is 4.34 Å². The monoisotopic (exact) mass is 287 g/mol. The van der Waals surface area contributed by atoms with E-state index in [1.807, 2.05) is 6.07 Å². The molecule has 100 valence electrons. The first-order chi connectivity index (χ1) is 8.56. The number of halogens is 1. The average Bonchev–Trinajstić information content (AvgIpc) is 2.74. The van der Waals surface area contributed by atoms with Crippen LogP contribution in [0.25, 0.3) is 0 Å². The lowest BCUT2D eigenvalue weighted by Gasteiger charge is -2.36. The maximum Gasteiger partial charge on any atom is 0.303 e. The van der Waals surface area contributed by atoms with Gasteiger partial charge in [0.15, 0.2) is 0 Å². The molecular formula is C13H18ClNO2S. The van der Waals surface area contributed by atoms with E-state index in [9.17, 15) is 4.79 Å². The summed E-state index contributed by atoms with van der Waals surface area (Å²) in [5.41, 5.74) is 0. The summed E-state index contributed by atoms with van der Waals surface area (Å²) in [5.74, 6) is -0.400. The van der Waals surface area contributed by atoms with Crippen LogP contribution in [-0.4, -0.2) is 29.1 Å². The van der Waals surface area contributed by atoms with Gasteiger partial charge in [0.2, 0.25) is 0 Å². The van der Waals surface area contributed by atoms with Crippen molar-refractivity contribution in [2.45, 2.75) is 32.2 Å². The van der Waals surface area contributed by atoms with E-state index in [-0.39, 0.29) is 12.3 Å². The van der Waals surface area contributed by atoms with Crippen molar-refractivity contribution in [3.63, 3.8) is 0 Å². The number of carboxylic acid groups (broad SMARTS) is 1. The summed E-state index contributed by atoms with van der Waals surface area (Å²) in [5, 5.41) is 8.88. The Kier molecular flexibility index (Phi) is 4.65. The molecule has 1 aromatic rings. The molecule has 0 spiro atoms. The summed E-state index contributed by atoms with van der Waals surface area (Å²) >= 11 is 7.58. The lowest BCUT2D eigenvalue weighted by atomic mass is 9.94. The number of carbonyl (C=O) groups is 1. The summed E-state index contributed by atoms with van der Waals surface area (Å²) in [6.07, 6.45) is 2.40. The second kappa shape index (κ2) is 6.04. The Hall–Kier alpha value is -0.580. The molecule has 1 aromatic heterocycles. The fraction of sp³-hybridized carbons (Fsp3) is 0.615. The largest absolute Gasteiger partial charge is 0.481 e. The van der Waals surface area contributed by atoms with E-state index in [0.29, 0.717) is 6.04 Å². The molecule has 1 N–H and O–H groups in total. The van der Waals surface area contributed by atoms with Gasteiger partial charge in [0, 0.05) is 23.9 Å². The predicted octanol–water partition coefficient (Wildman–Crippen LogP) is 3.65. The quantitative estimate of drug-likeness (QED) is 0.919. The van der Waals surface area contributed by atoms with Gasteiger partial charge in [-0.05, 0) is 44.4 Å². The second-order valence-corrected chi connectivity index (χ2v) is 6.67. The smallest absolute Gasteiger partial charge is 0.303 e. The van der Waals surface area contributed by atoms with E-state index < -0.39 is 5.97 Å². The van der Waals surface area contributed by atoms with Crippen molar-refractivity contribution in [1.29, 1.82) is 0 Å². The van der Waals surface area contributed by atoms with Crippen molar-refractivity contribution in [2.75, 3.05) is 13.1 Å². The van der Waals surface area contributed by atoms with E-state index >= 15 is 0 Å². The third-order valence-corrected chi connectivity index (χ3v) is 4.97. The van der Waals surface area contributed by atoms with Crippen LogP contribution < -0.4 is 0 Å². The Morgan fingerprint density at radius 1 is 1.67 bits per heavy atom. The van der Waals surface area contributed by atoms with Crippen LogP contribution in [0.4, 0.5) is 0 Å². The van der Waals surface area contributed by atoms with Crippen LogP contribution in [0.1, 0.15) is 37.1 Å². The highest BCUT2D eigenvalue weighted by Gasteiger charge is 2.26. The van der Waals surface area contributed by atoms with Crippen molar-refractivity contribution in [1.82, 2.24) is 4.90 Å². The van der Waals surface area contributed by atoms with Crippen molar-refractivity contribution in [3.05, 3.63) is 21.3 Å². The number of hydrogen-bond acceptors (Lipinski definition) is 3. The molecule has 0 aromatic carbocycles. The Balaban J connectivity index is 1.97. The normalized spacial score (nSPS) is 22.9. The lowest BCUT2D eigenvalue weighted by Crippen LogP contribution is -2.37. The SMILES string of the molecule is CC(c1ccc(Cl)s1)N1CCCC(CC(=O)O)C1. The summed E-state index contributed by atoms with van der Waals surface area (Å²) in [6, 6.07) is 4.33. The second-order valence-electron chi connectivity index (χ2n) is 4.92. The van der Waals surface area contributed by atoms with E-state index in [1.165, 1.54) is 4.88 Å². The molecule has 0 aliphatic carbocycles. The summed E-state index contributed by atoms with van der Waals surface area (Å²) in [4.78, 5) is 14.4. The van der Waals surface area contributed by atoms with Gasteiger partial charge in [-0.25, -0.2) is 0 Å². The lowest BCUT2D eigenvalue weighted by molar-refractivity contribution is -0.138. The van der Waals surface area contributed by atoms with Gasteiger partial charge in [-0.3, -0.25) is 9.69 Å². The van der Waals surface area contributed by atoms with Crippen LogP contribution in [0.15, 0.2) is 12.1 Å². The maximum absolute atomic E-state index is 10.8. The fourth-order valence-electron chi connectivity index (χ4n) is 2.60. The molecular weight excluding hydrogens is 270 g/mol. The third kappa shape index (κ3) is 3.46. The average molecular weight is 288 g/mol. The molecule has 1 aliphatic heterocycles. The number of likely N-dealkylation sites (tertiary alicyclic amines) is 1. The molecule has 2 unspecified atom stereocenters. The number of aliphatic carboxylic acids is 1. The highest BCUT2D eigenvalue weighted by Crippen LogP contribution is 2.33. The van der Waals surface area contributed by atoms with Gasteiger partial charge >= 0.3 is 5.97 Å². The molecule has 18 heavy (non-hydrogen) atoms. The minimum absolute atomic E-state index is 0.286. The van der Waals surface area contributed by atoms with E-state index in [0.717, 1.165) is 30.3 Å². The van der Waals surface area contributed by atoms with E-state index in [1.54, 1.807) is 11.3 Å². The first-order valence-electron chi connectivity index (χ1n) is 6.27. The molecule has 5 heteroatoms. The van der Waals surface area contributed by atoms with Crippen LogP contribution in [0.5, 0.6) is 0 Å². The molecule has 0 saturated carbocycles. The number of carboxylic acids is 1. The molecule has 2 rings (SSSR count). The van der Waals surface area contributed by atoms with Crippen molar-refractivity contribution in [3.8, 4) is 0 Å². The molecule has 0 bridgehead atoms. The van der Waals surface area contributed by atoms with Crippen molar-refractivity contribution >= 4 is 28.9 Å². The van der Waals surface area contributed by atoms with Gasteiger partial charge in [0.25, 0.3) is 0 Å². The number of piperidine rings is 1. The first-order valence-corrected chi connectivity index (χ1v) is 7.47. The van der Waals surface area contributed by atoms with E-state index in [2.05, 4.69) is 17.9 Å². The molecule has 0 amide bonds. The van der Waals surface area contributed by atoms with Gasteiger partial charge in [-0.2, -0.15) is 0 Å². The Morgan fingerprint density at radius 3 is 3.06 bits per heavy atom. The number of hydrogen-bond donors (Lipinski definition) is 1. The number of rotatable bonds is 4. The number of thiophene rings is 1. The third-order valence-electron chi connectivity index (χ3n) is 3.57. The minimum Gasteiger partial charge on any atom is -0.481 e. The zero-order valence-electron chi connectivity index (χ0n) is 10.4.